The molecule has 50 heavy (non-hydrogen) atoms. The number of benzene rings is 8. The van der Waals surface area contributed by atoms with Crippen molar-refractivity contribution < 1.29 is 0 Å². The zero-order chi connectivity index (χ0) is 33.3. The largest absolute Gasteiger partial charge is 0.309 e. The van der Waals surface area contributed by atoms with E-state index in [0.29, 0.717) is 0 Å². The number of para-hydroxylation sites is 2. The minimum Gasteiger partial charge on any atom is -0.309 e. The maximum atomic E-state index is 2.36. The number of rotatable bonds is 7. The number of hydrogen-bond donors (Lipinski definition) is 0. The third-order valence-electron chi connectivity index (χ3n) is 9.88. The van der Waals surface area contributed by atoms with E-state index < -0.39 is 0 Å². The molecule has 0 spiro atoms. The molecule has 0 radical (unpaired) electrons. The van der Waals surface area contributed by atoms with E-state index in [1.807, 2.05) is 0 Å². The van der Waals surface area contributed by atoms with Gasteiger partial charge in [0.15, 0.2) is 0 Å². The lowest BCUT2D eigenvalue weighted by Gasteiger charge is -2.09. The Labute approximate surface area is 293 Å². The Balaban J connectivity index is 0.902. The molecule has 0 saturated carbocycles. The average Bonchev–Trinajstić information content (AvgIpc) is 3.53. The summed E-state index contributed by atoms with van der Waals surface area (Å²) in [6.07, 6.45) is 0.912. The van der Waals surface area contributed by atoms with Crippen molar-refractivity contribution in [1.82, 2.24) is 4.57 Å². The Morgan fingerprint density at radius 2 is 0.660 bits per heavy atom. The molecule has 1 heteroatoms. The zero-order valence-corrected chi connectivity index (χ0v) is 27.7. The van der Waals surface area contributed by atoms with Gasteiger partial charge in [-0.05, 0) is 92.4 Å². The van der Waals surface area contributed by atoms with Gasteiger partial charge < -0.3 is 4.57 Å². The van der Waals surface area contributed by atoms with Crippen LogP contribution in [0, 0.1) is 0 Å². The van der Waals surface area contributed by atoms with Gasteiger partial charge in [-0.1, -0.05) is 170 Å². The highest BCUT2D eigenvalue weighted by molar-refractivity contribution is 6.10. The highest BCUT2D eigenvalue weighted by atomic mass is 15.0. The van der Waals surface area contributed by atoms with Crippen molar-refractivity contribution >= 4 is 21.8 Å². The Kier molecular flexibility index (Phi) is 7.64. The highest BCUT2D eigenvalue weighted by Gasteiger charge is 2.13. The first-order valence-corrected chi connectivity index (χ1v) is 17.3. The van der Waals surface area contributed by atoms with E-state index in [2.05, 4.69) is 205 Å². The number of nitrogens with zero attached hydrogens (tertiary/aromatic N) is 1. The smallest absolute Gasteiger partial charge is 0.0541 e. The van der Waals surface area contributed by atoms with Crippen LogP contribution in [-0.4, -0.2) is 4.57 Å². The number of hydrogen-bond acceptors (Lipinski definition) is 0. The molecule has 0 aliphatic rings. The lowest BCUT2D eigenvalue weighted by atomic mass is 9.96. The summed E-state index contributed by atoms with van der Waals surface area (Å²) in [5.41, 5.74) is 16.1. The summed E-state index contributed by atoms with van der Waals surface area (Å²) < 4.78 is 2.36. The van der Waals surface area contributed by atoms with Gasteiger partial charge in [0.1, 0.15) is 0 Å². The molecule has 1 heterocycles. The van der Waals surface area contributed by atoms with Crippen molar-refractivity contribution in [1.29, 1.82) is 0 Å². The van der Waals surface area contributed by atoms with Crippen LogP contribution in [-0.2, 0) is 6.42 Å². The molecule has 9 rings (SSSR count). The predicted molar refractivity (Wildman–Crippen MR) is 212 cm³/mol. The van der Waals surface area contributed by atoms with Gasteiger partial charge in [-0.3, -0.25) is 0 Å². The summed E-state index contributed by atoms with van der Waals surface area (Å²) in [5.74, 6) is 0. The molecule has 0 atom stereocenters. The van der Waals surface area contributed by atoms with E-state index in [-0.39, 0.29) is 0 Å². The van der Waals surface area contributed by atoms with Crippen LogP contribution in [0.2, 0.25) is 0 Å². The molecule has 0 aliphatic heterocycles. The van der Waals surface area contributed by atoms with Gasteiger partial charge in [0.05, 0.1) is 11.0 Å². The molecule has 0 saturated heterocycles. The van der Waals surface area contributed by atoms with Crippen LogP contribution in [0.5, 0.6) is 0 Å². The topological polar surface area (TPSA) is 4.93 Å². The SMILES string of the molecule is c1ccc(-c2ccc(-c3ccc(Cc4ccc(-c5ccc(-c6ccc7c(c6)c6ccccc6n7-c6ccccc6)cc5)cc4)cc3)cc2)cc1. The van der Waals surface area contributed by atoms with E-state index in [1.165, 1.54) is 83.1 Å². The fraction of sp³-hybridized carbons (Fsp3) is 0.0204. The maximum Gasteiger partial charge on any atom is 0.0541 e. The molecule has 0 bridgehead atoms. The lowest BCUT2D eigenvalue weighted by molar-refractivity contribution is 1.18. The van der Waals surface area contributed by atoms with E-state index in [4.69, 9.17) is 0 Å². The lowest BCUT2D eigenvalue weighted by Crippen LogP contribution is -1.92. The van der Waals surface area contributed by atoms with Crippen LogP contribution in [0.25, 0.3) is 72.0 Å². The Bertz CT molecular complexity index is 2540. The molecular formula is C49H35N. The second kappa shape index (κ2) is 12.9. The van der Waals surface area contributed by atoms with E-state index in [0.717, 1.165) is 6.42 Å². The van der Waals surface area contributed by atoms with Crippen molar-refractivity contribution in [3.63, 3.8) is 0 Å². The number of aromatic nitrogens is 1. The summed E-state index contributed by atoms with van der Waals surface area (Å²) >= 11 is 0. The van der Waals surface area contributed by atoms with Gasteiger partial charge in [0.2, 0.25) is 0 Å². The minimum absolute atomic E-state index is 0.912. The molecule has 9 aromatic rings. The highest BCUT2D eigenvalue weighted by Crippen LogP contribution is 2.35. The monoisotopic (exact) mass is 637 g/mol. The van der Waals surface area contributed by atoms with E-state index in [9.17, 15) is 0 Å². The van der Waals surface area contributed by atoms with Gasteiger partial charge in [-0.15, -0.1) is 0 Å². The van der Waals surface area contributed by atoms with Gasteiger partial charge in [-0.25, -0.2) is 0 Å². The fourth-order valence-electron chi connectivity index (χ4n) is 7.21. The van der Waals surface area contributed by atoms with Gasteiger partial charge in [-0.2, -0.15) is 0 Å². The van der Waals surface area contributed by atoms with Crippen molar-refractivity contribution in [2.45, 2.75) is 6.42 Å². The molecule has 236 valence electrons. The summed E-state index contributed by atoms with van der Waals surface area (Å²) in [7, 11) is 0. The first kappa shape index (κ1) is 29.7. The maximum absolute atomic E-state index is 2.36. The third-order valence-corrected chi connectivity index (χ3v) is 9.88. The second-order valence-corrected chi connectivity index (χ2v) is 13.0. The standard InChI is InChI=1S/C49H35N/c1-3-9-37(10-4-1)40-23-25-41(26-24-40)38-19-15-35(16-20-38)33-36-17-21-39(22-18-36)42-27-29-43(30-28-42)44-31-32-49-47(34-44)46-13-7-8-14-48(46)50(49)45-11-5-2-6-12-45/h1-32,34H,33H2. The van der Waals surface area contributed by atoms with Crippen LogP contribution in [0.1, 0.15) is 11.1 Å². The first-order valence-electron chi connectivity index (χ1n) is 17.3. The normalized spacial score (nSPS) is 11.3. The number of fused-ring (bicyclic) bond motifs is 3. The average molecular weight is 638 g/mol. The van der Waals surface area contributed by atoms with Gasteiger partial charge >= 0.3 is 0 Å². The quantitative estimate of drug-likeness (QED) is 0.164. The molecule has 8 aromatic carbocycles. The molecule has 1 aromatic heterocycles. The zero-order valence-electron chi connectivity index (χ0n) is 27.7. The van der Waals surface area contributed by atoms with E-state index in [1.54, 1.807) is 0 Å². The summed E-state index contributed by atoms with van der Waals surface area (Å²) in [6, 6.07) is 72.5. The van der Waals surface area contributed by atoms with Crippen molar-refractivity contribution in [2.75, 3.05) is 0 Å². The van der Waals surface area contributed by atoms with Crippen LogP contribution in [0.3, 0.4) is 0 Å². The molecular weight excluding hydrogens is 603 g/mol. The molecule has 1 nitrogen and oxygen atoms in total. The molecule has 0 unspecified atom stereocenters. The van der Waals surface area contributed by atoms with Crippen molar-refractivity contribution in [3.8, 4) is 50.2 Å². The molecule has 0 fully saturated rings. The Hall–Kier alpha value is -6.44. The van der Waals surface area contributed by atoms with Gasteiger partial charge in [0.25, 0.3) is 0 Å². The third kappa shape index (κ3) is 5.70. The molecule has 0 amide bonds. The van der Waals surface area contributed by atoms with Crippen LogP contribution >= 0.6 is 0 Å². The van der Waals surface area contributed by atoms with Crippen molar-refractivity contribution in [2.24, 2.45) is 0 Å². The molecule has 0 N–H and O–H groups in total. The summed E-state index contributed by atoms with van der Waals surface area (Å²) in [5, 5.41) is 2.54. The Morgan fingerprint density at radius 1 is 0.280 bits per heavy atom. The van der Waals surface area contributed by atoms with Crippen molar-refractivity contribution in [3.05, 3.63) is 211 Å². The van der Waals surface area contributed by atoms with Crippen LogP contribution < -0.4 is 0 Å². The fourth-order valence-corrected chi connectivity index (χ4v) is 7.21. The second-order valence-electron chi connectivity index (χ2n) is 13.0. The minimum atomic E-state index is 0.912. The molecule has 0 aliphatic carbocycles. The van der Waals surface area contributed by atoms with Crippen LogP contribution in [0.4, 0.5) is 0 Å². The first-order chi connectivity index (χ1) is 24.8. The summed E-state index contributed by atoms with van der Waals surface area (Å²) in [6.45, 7) is 0. The van der Waals surface area contributed by atoms with Crippen LogP contribution in [0.15, 0.2) is 200 Å². The van der Waals surface area contributed by atoms with Gasteiger partial charge in [0, 0.05) is 16.5 Å². The predicted octanol–water partition coefficient (Wildman–Crippen LogP) is 13.0. The Morgan fingerprint density at radius 3 is 1.20 bits per heavy atom. The summed E-state index contributed by atoms with van der Waals surface area (Å²) in [4.78, 5) is 0. The van der Waals surface area contributed by atoms with E-state index >= 15 is 0 Å².